The lowest BCUT2D eigenvalue weighted by Gasteiger charge is -2.26. The van der Waals surface area contributed by atoms with Gasteiger partial charge in [-0.1, -0.05) is 84.9 Å². The first-order chi connectivity index (χ1) is 16.0. The predicted molar refractivity (Wildman–Crippen MR) is 146 cm³/mol. The molecule has 2 nitrogen and oxygen atoms in total. The maximum atomic E-state index is 2.27. The van der Waals surface area contributed by atoms with Gasteiger partial charge in [0.05, 0.1) is 10.5 Å². The lowest BCUT2D eigenvalue weighted by Crippen LogP contribution is -2.09. The van der Waals surface area contributed by atoms with Crippen LogP contribution in [-0.4, -0.2) is 28.2 Å². The molecule has 2 atom stereocenters. The standard InChI is InChI=1S/C30H32N2S/c1-31(2)27-19-15-25(16-20-27)29(23-11-7-5-8-12-23)33-30(24-13-9-6-10-14-24)26-17-21-28(22-18-26)32(3)4/h5-22,29-30H,1-4H3. The summed E-state index contributed by atoms with van der Waals surface area (Å²) in [5, 5.41) is 0.447. The van der Waals surface area contributed by atoms with Gasteiger partial charge >= 0.3 is 0 Å². The van der Waals surface area contributed by atoms with Gasteiger partial charge in [0.25, 0.3) is 0 Å². The molecule has 168 valence electrons. The summed E-state index contributed by atoms with van der Waals surface area (Å²) in [6.07, 6.45) is 0. The third-order valence-electron chi connectivity index (χ3n) is 5.90. The zero-order valence-corrected chi connectivity index (χ0v) is 20.7. The van der Waals surface area contributed by atoms with E-state index in [1.54, 1.807) is 0 Å². The molecule has 0 N–H and O–H groups in total. The minimum atomic E-state index is 0.223. The number of hydrogen-bond acceptors (Lipinski definition) is 3. The summed E-state index contributed by atoms with van der Waals surface area (Å²) in [5.74, 6) is 0. The van der Waals surface area contributed by atoms with Crippen LogP contribution >= 0.6 is 11.8 Å². The molecule has 0 saturated heterocycles. The molecule has 0 aliphatic rings. The predicted octanol–water partition coefficient (Wildman–Crippen LogP) is 7.43. The van der Waals surface area contributed by atoms with Crippen molar-refractivity contribution in [2.45, 2.75) is 10.5 Å². The highest BCUT2D eigenvalue weighted by Crippen LogP contribution is 2.47. The second-order valence-corrected chi connectivity index (χ2v) is 9.90. The van der Waals surface area contributed by atoms with Gasteiger partial charge in [-0.15, -0.1) is 11.8 Å². The van der Waals surface area contributed by atoms with E-state index in [2.05, 4.69) is 147 Å². The van der Waals surface area contributed by atoms with Crippen LogP contribution in [0, 0.1) is 0 Å². The maximum Gasteiger partial charge on any atom is 0.0556 e. The number of rotatable bonds is 8. The van der Waals surface area contributed by atoms with E-state index in [9.17, 15) is 0 Å². The highest BCUT2D eigenvalue weighted by atomic mass is 32.2. The molecule has 0 saturated carbocycles. The minimum Gasteiger partial charge on any atom is -0.378 e. The highest BCUT2D eigenvalue weighted by Gasteiger charge is 2.23. The van der Waals surface area contributed by atoms with E-state index in [1.807, 2.05) is 11.8 Å². The smallest absolute Gasteiger partial charge is 0.0556 e. The second kappa shape index (κ2) is 10.6. The Kier molecular flexibility index (Phi) is 7.41. The Hall–Kier alpha value is -3.17. The van der Waals surface area contributed by atoms with Crippen LogP contribution in [0.25, 0.3) is 0 Å². The Labute approximate surface area is 202 Å². The molecule has 0 aromatic heterocycles. The van der Waals surface area contributed by atoms with Crippen molar-refractivity contribution in [2.75, 3.05) is 38.0 Å². The van der Waals surface area contributed by atoms with Crippen molar-refractivity contribution < 1.29 is 0 Å². The van der Waals surface area contributed by atoms with E-state index in [0.29, 0.717) is 0 Å². The van der Waals surface area contributed by atoms with Crippen molar-refractivity contribution in [3.05, 3.63) is 131 Å². The van der Waals surface area contributed by atoms with E-state index in [1.165, 1.54) is 33.6 Å². The largest absolute Gasteiger partial charge is 0.378 e. The molecule has 2 unspecified atom stereocenters. The van der Waals surface area contributed by atoms with Gasteiger partial charge in [0.1, 0.15) is 0 Å². The quantitative estimate of drug-likeness (QED) is 0.274. The molecule has 0 radical (unpaired) electrons. The summed E-state index contributed by atoms with van der Waals surface area (Å²) in [4.78, 5) is 4.29. The summed E-state index contributed by atoms with van der Waals surface area (Å²) in [6, 6.07) is 39.7. The zero-order chi connectivity index (χ0) is 23.2. The molecule has 0 aliphatic carbocycles. The number of thioether (sulfide) groups is 1. The Balaban J connectivity index is 1.75. The summed E-state index contributed by atoms with van der Waals surface area (Å²) >= 11 is 2.00. The molecule has 33 heavy (non-hydrogen) atoms. The van der Waals surface area contributed by atoms with Crippen molar-refractivity contribution >= 4 is 23.1 Å². The average molecular weight is 453 g/mol. The number of benzene rings is 4. The lowest BCUT2D eigenvalue weighted by atomic mass is 10.0. The molecular formula is C30H32N2S. The first kappa shape index (κ1) is 23.0. The highest BCUT2D eigenvalue weighted by molar-refractivity contribution is 8.00. The Morgan fingerprint density at radius 2 is 0.727 bits per heavy atom. The molecular weight excluding hydrogens is 420 g/mol. The summed E-state index contributed by atoms with van der Waals surface area (Å²) in [5.41, 5.74) is 7.73. The van der Waals surface area contributed by atoms with Gasteiger partial charge in [-0.25, -0.2) is 0 Å². The van der Waals surface area contributed by atoms with Gasteiger partial charge in [0.2, 0.25) is 0 Å². The first-order valence-electron chi connectivity index (χ1n) is 11.3. The third-order valence-corrected chi connectivity index (χ3v) is 7.53. The fourth-order valence-corrected chi connectivity index (χ4v) is 5.51. The van der Waals surface area contributed by atoms with Crippen molar-refractivity contribution in [2.24, 2.45) is 0 Å². The molecule has 4 aromatic rings. The van der Waals surface area contributed by atoms with E-state index in [0.717, 1.165) is 0 Å². The van der Waals surface area contributed by atoms with Gasteiger partial charge in [-0.3, -0.25) is 0 Å². The fourth-order valence-electron chi connectivity index (χ4n) is 3.99. The van der Waals surface area contributed by atoms with Crippen molar-refractivity contribution in [3.8, 4) is 0 Å². The maximum absolute atomic E-state index is 2.27. The number of nitrogens with zero attached hydrogens (tertiary/aromatic N) is 2. The van der Waals surface area contributed by atoms with Crippen LogP contribution in [0.15, 0.2) is 109 Å². The van der Waals surface area contributed by atoms with Crippen LogP contribution in [0.2, 0.25) is 0 Å². The van der Waals surface area contributed by atoms with Gasteiger partial charge in [-0.2, -0.15) is 0 Å². The number of hydrogen-bond donors (Lipinski definition) is 0. The van der Waals surface area contributed by atoms with Crippen molar-refractivity contribution in [3.63, 3.8) is 0 Å². The van der Waals surface area contributed by atoms with Crippen LogP contribution in [-0.2, 0) is 0 Å². The number of anilines is 2. The van der Waals surface area contributed by atoms with Crippen LogP contribution in [0.1, 0.15) is 32.8 Å². The SMILES string of the molecule is CN(C)c1ccc(C(SC(c2ccccc2)c2ccc(N(C)C)cc2)c2ccccc2)cc1. The molecule has 0 bridgehead atoms. The average Bonchev–Trinajstić information content (AvgIpc) is 2.86. The molecule has 4 rings (SSSR count). The van der Waals surface area contributed by atoms with Gasteiger partial charge in [0.15, 0.2) is 0 Å². The van der Waals surface area contributed by atoms with Crippen LogP contribution in [0.4, 0.5) is 11.4 Å². The molecule has 0 fully saturated rings. The molecule has 3 heteroatoms. The van der Waals surface area contributed by atoms with E-state index in [-0.39, 0.29) is 10.5 Å². The van der Waals surface area contributed by atoms with Crippen molar-refractivity contribution in [1.29, 1.82) is 0 Å². The van der Waals surface area contributed by atoms with Crippen LogP contribution in [0.3, 0.4) is 0 Å². The Morgan fingerprint density at radius 3 is 1.03 bits per heavy atom. The van der Waals surface area contributed by atoms with Crippen molar-refractivity contribution in [1.82, 2.24) is 0 Å². The van der Waals surface area contributed by atoms with E-state index < -0.39 is 0 Å². The molecule has 0 spiro atoms. The Bertz CT molecular complexity index is 1030. The normalized spacial score (nSPS) is 12.7. The van der Waals surface area contributed by atoms with E-state index in [4.69, 9.17) is 0 Å². The van der Waals surface area contributed by atoms with Gasteiger partial charge in [0, 0.05) is 39.6 Å². The topological polar surface area (TPSA) is 6.48 Å². The third kappa shape index (κ3) is 5.61. The van der Waals surface area contributed by atoms with Crippen LogP contribution < -0.4 is 9.80 Å². The molecule has 0 heterocycles. The summed E-state index contributed by atoms with van der Waals surface area (Å²) in [6.45, 7) is 0. The monoisotopic (exact) mass is 452 g/mol. The van der Waals surface area contributed by atoms with Crippen LogP contribution in [0.5, 0.6) is 0 Å². The molecule has 0 amide bonds. The van der Waals surface area contributed by atoms with Gasteiger partial charge < -0.3 is 9.80 Å². The fraction of sp³-hybridized carbons (Fsp3) is 0.200. The first-order valence-corrected chi connectivity index (χ1v) is 12.3. The molecule has 4 aromatic carbocycles. The Morgan fingerprint density at radius 1 is 0.424 bits per heavy atom. The van der Waals surface area contributed by atoms with E-state index >= 15 is 0 Å². The molecule has 0 aliphatic heterocycles. The zero-order valence-electron chi connectivity index (χ0n) is 19.8. The summed E-state index contributed by atoms with van der Waals surface area (Å²) in [7, 11) is 8.34. The minimum absolute atomic E-state index is 0.223. The second-order valence-electron chi connectivity index (χ2n) is 8.69. The summed E-state index contributed by atoms with van der Waals surface area (Å²) < 4.78 is 0. The van der Waals surface area contributed by atoms with Gasteiger partial charge in [-0.05, 0) is 46.5 Å². The lowest BCUT2D eigenvalue weighted by molar-refractivity contribution is 1.08.